The van der Waals surface area contributed by atoms with Gasteiger partial charge in [0.25, 0.3) is 0 Å². The third-order valence-corrected chi connectivity index (χ3v) is 3.48. The van der Waals surface area contributed by atoms with Crippen LogP contribution in [-0.4, -0.2) is 12.1 Å². The quantitative estimate of drug-likeness (QED) is 0.852. The van der Waals surface area contributed by atoms with Gasteiger partial charge in [0.1, 0.15) is 0 Å². The van der Waals surface area contributed by atoms with Crippen molar-refractivity contribution in [3.8, 4) is 0 Å². The first-order valence-corrected chi connectivity index (χ1v) is 5.83. The highest BCUT2D eigenvalue weighted by molar-refractivity contribution is 9.10. The molecular formula is C11H15BrN2. The molecule has 2 unspecified atom stereocenters. The van der Waals surface area contributed by atoms with Gasteiger partial charge in [-0.25, -0.2) is 0 Å². The average molecular weight is 255 g/mol. The highest BCUT2D eigenvalue weighted by Gasteiger charge is 2.23. The Hall–Kier alpha value is -0.540. The maximum Gasteiger partial charge on any atom is 0.0487 e. The third-order valence-electron chi connectivity index (χ3n) is 2.78. The molecular weight excluding hydrogens is 240 g/mol. The molecule has 76 valence electrons. The monoisotopic (exact) mass is 254 g/mol. The standard InChI is InChI=1S/C11H15BrN2/c12-8-4-1-2-6-10(8)14-11-7-3-5-9(11)13/h1-2,4,6,9,11,14H,3,5,7,13H2. The van der Waals surface area contributed by atoms with E-state index in [4.69, 9.17) is 5.73 Å². The molecule has 1 aromatic carbocycles. The van der Waals surface area contributed by atoms with E-state index in [9.17, 15) is 0 Å². The van der Waals surface area contributed by atoms with Crippen LogP contribution in [0.4, 0.5) is 5.69 Å². The van der Waals surface area contributed by atoms with Crippen molar-refractivity contribution in [3.63, 3.8) is 0 Å². The van der Waals surface area contributed by atoms with E-state index in [1.807, 2.05) is 18.2 Å². The molecule has 1 aliphatic carbocycles. The number of hydrogen-bond donors (Lipinski definition) is 2. The Morgan fingerprint density at radius 1 is 1.29 bits per heavy atom. The summed E-state index contributed by atoms with van der Waals surface area (Å²) in [5.74, 6) is 0. The SMILES string of the molecule is NC1CCCC1Nc1ccccc1Br. The van der Waals surface area contributed by atoms with Crippen molar-refractivity contribution in [3.05, 3.63) is 28.7 Å². The summed E-state index contributed by atoms with van der Waals surface area (Å²) in [5, 5.41) is 3.49. The van der Waals surface area contributed by atoms with Gasteiger partial charge in [0.05, 0.1) is 0 Å². The van der Waals surface area contributed by atoms with Crippen LogP contribution < -0.4 is 11.1 Å². The van der Waals surface area contributed by atoms with Gasteiger partial charge in [-0.1, -0.05) is 12.1 Å². The minimum atomic E-state index is 0.308. The smallest absolute Gasteiger partial charge is 0.0487 e. The predicted octanol–water partition coefficient (Wildman–Crippen LogP) is 2.74. The van der Waals surface area contributed by atoms with Gasteiger partial charge in [-0.2, -0.15) is 0 Å². The van der Waals surface area contributed by atoms with E-state index in [0.29, 0.717) is 12.1 Å². The van der Waals surface area contributed by atoms with E-state index >= 15 is 0 Å². The summed E-state index contributed by atoms with van der Waals surface area (Å²) < 4.78 is 1.11. The second kappa shape index (κ2) is 4.32. The Balaban J connectivity index is 2.07. The van der Waals surface area contributed by atoms with Gasteiger partial charge in [-0.3, -0.25) is 0 Å². The number of para-hydroxylation sites is 1. The summed E-state index contributed by atoms with van der Waals surface area (Å²) >= 11 is 3.52. The van der Waals surface area contributed by atoms with E-state index in [1.165, 1.54) is 12.8 Å². The molecule has 3 heteroatoms. The topological polar surface area (TPSA) is 38.0 Å². The molecule has 3 N–H and O–H groups in total. The second-order valence-corrected chi connectivity index (χ2v) is 4.68. The molecule has 0 saturated heterocycles. The fraction of sp³-hybridized carbons (Fsp3) is 0.455. The third kappa shape index (κ3) is 2.10. The molecule has 1 fully saturated rings. The molecule has 1 saturated carbocycles. The van der Waals surface area contributed by atoms with Crippen LogP contribution in [0.15, 0.2) is 28.7 Å². The van der Waals surface area contributed by atoms with E-state index in [2.05, 4.69) is 27.3 Å². The van der Waals surface area contributed by atoms with Gasteiger partial charge in [-0.15, -0.1) is 0 Å². The molecule has 0 aromatic heterocycles. The Morgan fingerprint density at radius 3 is 2.71 bits per heavy atom. The van der Waals surface area contributed by atoms with E-state index in [1.54, 1.807) is 0 Å². The first kappa shape index (κ1) is 9.99. The van der Waals surface area contributed by atoms with E-state index in [-0.39, 0.29) is 0 Å². The number of halogens is 1. The number of anilines is 1. The molecule has 0 spiro atoms. The van der Waals surface area contributed by atoms with Crippen molar-refractivity contribution in [1.82, 2.24) is 0 Å². The minimum absolute atomic E-state index is 0.308. The van der Waals surface area contributed by atoms with Crippen molar-refractivity contribution in [2.45, 2.75) is 31.3 Å². The molecule has 0 amide bonds. The first-order valence-electron chi connectivity index (χ1n) is 5.04. The molecule has 2 atom stereocenters. The van der Waals surface area contributed by atoms with Crippen molar-refractivity contribution in [1.29, 1.82) is 0 Å². The lowest BCUT2D eigenvalue weighted by Crippen LogP contribution is -2.35. The summed E-state index contributed by atoms with van der Waals surface area (Å²) in [6.07, 6.45) is 3.56. The van der Waals surface area contributed by atoms with Gasteiger partial charge in [0, 0.05) is 22.2 Å². The Kier molecular flexibility index (Phi) is 3.08. The molecule has 1 aliphatic rings. The van der Waals surface area contributed by atoms with Gasteiger partial charge in [0.2, 0.25) is 0 Å². The number of nitrogens with one attached hydrogen (secondary N) is 1. The first-order chi connectivity index (χ1) is 6.77. The van der Waals surface area contributed by atoms with Crippen LogP contribution in [0.3, 0.4) is 0 Å². The molecule has 0 heterocycles. The zero-order chi connectivity index (χ0) is 9.97. The van der Waals surface area contributed by atoms with Crippen LogP contribution in [0.1, 0.15) is 19.3 Å². The summed E-state index contributed by atoms with van der Waals surface area (Å²) in [5.41, 5.74) is 7.15. The fourth-order valence-electron chi connectivity index (χ4n) is 1.95. The Labute approximate surface area is 93.0 Å². The lowest BCUT2D eigenvalue weighted by molar-refractivity contribution is 0.637. The lowest BCUT2D eigenvalue weighted by atomic mass is 10.2. The second-order valence-electron chi connectivity index (χ2n) is 3.83. The van der Waals surface area contributed by atoms with Crippen LogP contribution in [0, 0.1) is 0 Å². The summed E-state index contributed by atoms with van der Waals surface area (Å²) in [6.45, 7) is 0. The minimum Gasteiger partial charge on any atom is -0.380 e. The fourth-order valence-corrected chi connectivity index (χ4v) is 2.35. The summed E-state index contributed by atoms with van der Waals surface area (Å²) in [4.78, 5) is 0. The lowest BCUT2D eigenvalue weighted by Gasteiger charge is -2.19. The summed E-state index contributed by atoms with van der Waals surface area (Å²) in [6, 6.07) is 8.92. The Bertz CT molecular complexity index is 314. The summed E-state index contributed by atoms with van der Waals surface area (Å²) in [7, 11) is 0. The van der Waals surface area contributed by atoms with Crippen molar-refractivity contribution >= 4 is 21.6 Å². The highest BCUT2D eigenvalue weighted by atomic mass is 79.9. The van der Waals surface area contributed by atoms with Crippen LogP contribution in [0.2, 0.25) is 0 Å². The van der Waals surface area contributed by atoms with Crippen LogP contribution in [-0.2, 0) is 0 Å². The van der Waals surface area contributed by atoms with Gasteiger partial charge < -0.3 is 11.1 Å². The molecule has 1 aromatic rings. The van der Waals surface area contributed by atoms with Gasteiger partial charge in [-0.05, 0) is 47.3 Å². The maximum atomic E-state index is 6.00. The molecule has 0 radical (unpaired) electrons. The number of hydrogen-bond acceptors (Lipinski definition) is 2. The van der Waals surface area contributed by atoms with Crippen LogP contribution in [0.25, 0.3) is 0 Å². The number of nitrogens with two attached hydrogens (primary N) is 1. The average Bonchev–Trinajstić information content (AvgIpc) is 2.56. The van der Waals surface area contributed by atoms with Crippen LogP contribution >= 0.6 is 15.9 Å². The Morgan fingerprint density at radius 2 is 2.07 bits per heavy atom. The van der Waals surface area contributed by atoms with Gasteiger partial charge >= 0.3 is 0 Å². The van der Waals surface area contributed by atoms with Gasteiger partial charge in [0.15, 0.2) is 0 Å². The maximum absolute atomic E-state index is 6.00. The molecule has 2 nitrogen and oxygen atoms in total. The molecule has 2 rings (SSSR count). The molecule has 14 heavy (non-hydrogen) atoms. The normalized spacial score (nSPS) is 26.4. The predicted molar refractivity (Wildman–Crippen MR) is 63.4 cm³/mol. The molecule has 0 aliphatic heterocycles. The number of rotatable bonds is 2. The van der Waals surface area contributed by atoms with Crippen molar-refractivity contribution < 1.29 is 0 Å². The largest absolute Gasteiger partial charge is 0.380 e. The highest BCUT2D eigenvalue weighted by Crippen LogP contribution is 2.26. The van der Waals surface area contributed by atoms with Crippen LogP contribution in [0.5, 0.6) is 0 Å². The number of benzene rings is 1. The zero-order valence-corrected chi connectivity index (χ0v) is 9.63. The van der Waals surface area contributed by atoms with E-state index in [0.717, 1.165) is 16.6 Å². The van der Waals surface area contributed by atoms with E-state index < -0.39 is 0 Å². The van der Waals surface area contributed by atoms with Crippen molar-refractivity contribution in [2.24, 2.45) is 5.73 Å². The van der Waals surface area contributed by atoms with Crippen molar-refractivity contribution in [2.75, 3.05) is 5.32 Å². The molecule has 0 bridgehead atoms. The zero-order valence-electron chi connectivity index (χ0n) is 8.04.